The van der Waals surface area contributed by atoms with E-state index in [1.165, 1.54) is 6.92 Å². The van der Waals surface area contributed by atoms with E-state index in [0.717, 1.165) is 41.9 Å². The van der Waals surface area contributed by atoms with Gasteiger partial charge in [0.1, 0.15) is 0 Å². The lowest BCUT2D eigenvalue weighted by atomic mass is 10.0. The zero-order valence-electron chi connectivity index (χ0n) is 26.4. The number of amides is 2. The Balaban J connectivity index is 1.41. The van der Waals surface area contributed by atoms with Crippen LogP contribution in [0.1, 0.15) is 43.1 Å². The van der Waals surface area contributed by atoms with Crippen molar-refractivity contribution in [1.82, 2.24) is 10.2 Å². The number of hydrogen-bond acceptors (Lipinski definition) is 7. The van der Waals surface area contributed by atoms with Crippen molar-refractivity contribution in [2.24, 2.45) is 5.92 Å². The summed E-state index contributed by atoms with van der Waals surface area (Å²) in [6, 6.07) is 21.4. The number of carbonyl (C=O) groups is 2. The second kappa shape index (κ2) is 16.2. The van der Waals surface area contributed by atoms with E-state index in [9.17, 15) is 9.59 Å². The summed E-state index contributed by atoms with van der Waals surface area (Å²) in [6.45, 7) is 9.17. The first-order chi connectivity index (χ1) is 21.3. The van der Waals surface area contributed by atoms with Gasteiger partial charge in [-0.15, -0.1) is 0 Å². The van der Waals surface area contributed by atoms with Crippen LogP contribution in [0.25, 0.3) is 11.1 Å². The molecule has 0 radical (unpaired) electrons. The van der Waals surface area contributed by atoms with E-state index in [1.54, 1.807) is 32.4 Å². The third-order valence-corrected chi connectivity index (χ3v) is 7.66. The molecule has 3 aromatic rings. The maximum absolute atomic E-state index is 13.8. The predicted octanol–water partition coefficient (Wildman–Crippen LogP) is 5.39. The SMILES string of the molecule is COCCCOc1cc(C(=O)N(C[C@@H]2CNC[C@@H]2OCc2cccc(-c3cccc(NC(C)=O)c3)c2)C(C)C)ccc1OC. The van der Waals surface area contributed by atoms with Crippen LogP contribution in [0.2, 0.25) is 0 Å². The fraction of sp³-hybridized carbons (Fsp3) is 0.429. The Morgan fingerprint density at radius 3 is 2.45 bits per heavy atom. The zero-order chi connectivity index (χ0) is 31.5. The van der Waals surface area contributed by atoms with Crippen LogP contribution in [0.4, 0.5) is 5.69 Å². The molecule has 3 aromatic carbocycles. The first-order valence-corrected chi connectivity index (χ1v) is 15.2. The van der Waals surface area contributed by atoms with Crippen molar-refractivity contribution < 1.29 is 28.5 Å². The van der Waals surface area contributed by atoms with E-state index < -0.39 is 0 Å². The molecular formula is C35H45N3O6. The van der Waals surface area contributed by atoms with Crippen LogP contribution in [0.15, 0.2) is 66.7 Å². The number of methoxy groups -OCH3 is 2. The van der Waals surface area contributed by atoms with Crippen LogP contribution >= 0.6 is 0 Å². The van der Waals surface area contributed by atoms with E-state index in [4.69, 9.17) is 18.9 Å². The molecule has 0 aliphatic carbocycles. The van der Waals surface area contributed by atoms with Crippen LogP contribution < -0.4 is 20.1 Å². The van der Waals surface area contributed by atoms with Gasteiger partial charge in [0.2, 0.25) is 5.91 Å². The molecular weight excluding hydrogens is 558 g/mol. The second-order valence-corrected chi connectivity index (χ2v) is 11.3. The Morgan fingerprint density at radius 2 is 1.73 bits per heavy atom. The molecule has 236 valence electrons. The lowest BCUT2D eigenvalue weighted by molar-refractivity contribution is -0.114. The number of ether oxygens (including phenoxy) is 4. The van der Waals surface area contributed by atoms with Crippen molar-refractivity contribution in [2.45, 2.75) is 45.9 Å². The highest BCUT2D eigenvalue weighted by Crippen LogP contribution is 2.30. The molecule has 4 rings (SSSR count). The van der Waals surface area contributed by atoms with E-state index in [0.29, 0.717) is 43.4 Å². The normalized spacial score (nSPS) is 16.1. The molecule has 0 spiro atoms. The maximum Gasteiger partial charge on any atom is 0.254 e. The van der Waals surface area contributed by atoms with Crippen LogP contribution in [-0.2, 0) is 20.9 Å². The van der Waals surface area contributed by atoms with Gasteiger partial charge in [-0.2, -0.15) is 0 Å². The monoisotopic (exact) mass is 603 g/mol. The lowest BCUT2D eigenvalue weighted by Crippen LogP contribution is -2.43. The van der Waals surface area contributed by atoms with Crippen LogP contribution in [0.3, 0.4) is 0 Å². The number of nitrogens with one attached hydrogen (secondary N) is 2. The molecule has 9 heteroatoms. The van der Waals surface area contributed by atoms with Crippen LogP contribution in [0, 0.1) is 5.92 Å². The standard InChI is InChI=1S/C35H45N3O6/c1-24(2)38(35(40)29-13-14-32(42-5)33(19-29)43-16-8-15-41-4)22-30-20-36-21-34(30)44-23-26-9-6-10-27(17-26)28-11-7-12-31(18-28)37-25(3)39/h6-7,9-14,17-19,24,30,34,36H,8,15-16,20-23H2,1-5H3,(H,37,39)/t30-,34-/m0/s1. The molecule has 1 aliphatic rings. The molecule has 2 amide bonds. The average molecular weight is 604 g/mol. The first-order valence-electron chi connectivity index (χ1n) is 15.2. The Hall–Kier alpha value is -3.92. The van der Waals surface area contributed by atoms with Gasteiger partial charge in [-0.05, 0) is 66.9 Å². The number of carbonyl (C=O) groups excluding carboxylic acids is 2. The van der Waals surface area contributed by atoms with Gasteiger partial charge in [0, 0.05) is 69.9 Å². The summed E-state index contributed by atoms with van der Waals surface area (Å²) in [5, 5.41) is 6.30. The largest absolute Gasteiger partial charge is 0.493 e. The summed E-state index contributed by atoms with van der Waals surface area (Å²) in [5.74, 6) is 1.13. The number of nitrogens with zero attached hydrogens (tertiary/aromatic N) is 1. The van der Waals surface area contributed by atoms with Crippen LogP contribution in [-0.4, -0.2) is 75.9 Å². The minimum atomic E-state index is -0.0988. The highest BCUT2D eigenvalue weighted by atomic mass is 16.5. The Bertz CT molecular complexity index is 1390. The fourth-order valence-electron chi connectivity index (χ4n) is 5.36. The third-order valence-electron chi connectivity index (χ3n) is 7.66. The summed E-state index contributed by atoms with van der Waals surface area (Å²) in [7, 11) is 3.25. The molecule has 0 aromatic heterocycles. The van der Waals surface area contributed by atoms with Crippen molar-refractivity contribution in [3.05, 3.63) is 77.9 Å². The minimum absolute atomic E-state index is 0.00172. The topological polar surface area (TPSA) is 98.4 Å². The smallest absolute Gasteiger partial charge is 0.254 e. The van der Waals surface area contributed by atoms with Crippen molar-refractivity contribution in [3.8, 4) is 22.6 Å². The summed E-state index contributed by atoms with van der Waals surface area (Å²) < 4.78 is 22.9. The highest BCUT2D eigenvalue weighted by Gasteiger charge is 2.32. The lowest BCUT2D eigenvalue weighted by Gasteiger charge is -2.31. The number of benzene rings is 3. The molecule has 0 bridgehead atoms. The van der Waals surface area contributed by atoms with Crippen molar-refractivity contribution in [1.29, 1.82) is 0 Å². The van der Waals surface area contributed by atoms with Crippen molar-refractivity contribution >= 4 is 17.5 Å². The predicted molar refractivity (Wildman–Crippen MR) is 172 cm³/mol. The Morgan fingerprint density at radius 1 is 0.955 bits per heavy atom. The van der Waals surface area contributed by atoms with Gasteiger partial charge in [0.25, 0.3) is 5.91 Å². The van der Waals surface area contributed by atoms with Gasteiger partial charge >= 0.3 is 0 Å². The minimum Gasteiger partial charge on any atom is -0.493 e. The third kappa shape index (κ3) is 9.05. The number of rotatable bonds is 15. The summed E-state index contributed by atoms with van der Waals surface area (Å²) >= 11 is 0. The van der Waals surface area contributed by atoms with Gasteiger partial charge in [-0.1, -0.05) is 30.3 Å². The zero-order valence-corrected chi connectivity index (χ0v) is 26.4. The number of hydrogen-bond donors (Lipinski definition) is 2. The molecule has 9 nitrogen and oxygen atoms in total. The molecule has 0 unspecified atom stereocenters. The van der Waals surface area contributed by atoms with Crippen molar-refractivity contribution in [2.75, 3.05) is 52.4 Å². The fourth-order valence-corrected chi connectivity index (χ4v) is 5.36. The summed E-state index contributed by atoms with van der Waals surface area (Å²) in [4.78, 5) is 27.2. The molecule has 0 saturated carbocycles. The molecule has 1 fully saturated rings. The van der Waals surface area contributed by atoms with Gasteiger partial charge in [-0.25, -0.2) is 0 Å². The first kappa shape index (κ1) is 33.0. The second-order valence-electron chi connectivity index (χ2n) is 11.3. The Kier molecular flexibility index (Phi) is 12.2. The summed E-state index contributed by atoms with van der Waals surface area (Å²) in [5.41, 5.74) is 4.46. The van der Waals surface area contributed by atoms with Gasteiger partial charge < -0.3 is 34.5 Å². The van der Waals surface area contributed by atoms with E-state index in [-0.39, 0.29) is 29.9 Å². The van der Waals surface area contributed by atoms with E-state index in [1.807, 2.05) is 49.1 Å². The number of anilines is 1. The van der Waals surface area contributed by atoms with Crippen LogP contribution in [0.5, 0.6) is 11.5 Å². The molecule has 1 saturated heterocycles. The van der Waals surface area contributed by atoms with Gasteiger partial charge in [-0.3, -0.25) is 9.59 Å². The molecule has 2 atom stereocenters. The molecule has 1 aliphatic heterocycles. The molecule has 1 heterocycles. The molecule has 2 N–H and O–H groups in total. The highest BCUT2D eigenvalue weighted by molar-refractivity contribution is 5.95. The quantitative estimate of drug-likeness (QED) is 0.225. The van der Waals surface area contributed by atoms with Gasteiger partial charge in [0.05, 0.1) is 26.4 Å². The van der Waals surface area contributed by atoms with E-state index in [2.05, 4.69) is 28.8 Å². The van der Waals surface area contributed by atoms with E-state index >= 15 is 0 Å². The summed E-state index contributed by atoms with van der Waals surface area (Å²) in [6.07, 6.45) is 0.702. The maximum atomic E-state index is 13.8. The van der Waals surface area contributed by atoms with Crippen molar-refractivity contribution in [3.63, 3.8) is 0 Å². The Labute approximate surface area is 260 Å². The average Bonchev–Trinajstić information content (AvgIpc) is 3.47. The van der Waals surface area contributed by atoms with Gasteiger partial charge in [0.15, 0.2) is 11.5 Å². The molecule has 44 heavy (non-hydrogen) atoms.